The van der Waals surface area contributed by atoms with Gasteiger partial charge in [0.05, 0.1) is 33.7 Å². The van der Waals surface area contributed by atoms with E-state index in [0.29, 0.717) is 38.2 Å². The normalized spacial score (nSPS) is 11.3. The van der Waals surface area contributed by atoms with Gasteiger partial charge >= 0.3 is 0 Å². The zero-order valence-corrected chi connectivity index (χ0v) is 14.1. The Kier molecular flexibility index (Phi) is 4.37. The summed E-state index contributed by atoms with van der Waals surface area (Å²) < 4.78 is 1.33. The fourth-order valence-electron chi connectivity index (χ4n) is 2.27. The summed E-state index contributed by atoms with van der Waals surface area (Å²) in [5.74, 6) is 0.314. The molecule has 0 saturated carbocycles. The lowest BCUT2D eigenvalue weighted by Crippen LogP contribution is -2.15. The largest absolute Gasteiger partial charge is 0.292 e. The van der Waals surface area contributed by atoms with Crippen molar-refractivity contribution in [3.63, 3.8) is 0 Å². The number of alkyl halides is 2. The molecule has 2 heterocycles. The van der Waals surface area contributed by atoms with E-state index in [4.69, 9.17) is 46.4 Å². The van der Waals surface area contributed by atoms with Crippen LogP contribution in [0.1, 0.15) is 11.4 Å². The summed E-state index contributed by atoms with van der Waals surface area (Å²) in [6.45, 7) is 0. The topological polar surface area (TPSA) is 50.2 Å². The minimum absolute atomic E-state index is 0.140. The minimum Gasteiger partial charge on any atom is -0.292 e. The first-order valence-corrected chi connectivity index (χ1v) is 8.08. The summed E-state index contributed by atoms with van der Waals surface area (Å²) in [6.07, 6.45) is 0. The van der Waals surface area contributed by atoms with Crippen LogP contribution in [0.2, 0.25) is 10.0 Å². The molecule has 0 aliphatic heterocycles. The molecule has 0 unspecified atom stereocenters. The number of fused-ring (bicyclic) bond motifs is 1. The first kappa shape index (κ1) is 15.7. The quantitative estimate of drug-likeness (QED) is 0.685. The molecule has 2 aromatic heterocycles. The Hall–Kier alpha value is -1.20. The zero-order chi connectivity index (χ0) is 15.9. The molecule has 1 N–H and O–H groups in total. The van der Waals surface area contributed by atoms with Crippen molar-refractivity contribution in [2.75, 3.05) is 0 Å². The number of H-pyrrole nitrogens is 1. The number of rotatable bonds is 3. The monoisotopic (exact) mass is 375 g/mol. The summed E-state index contributed by atoms with van der Waals surface area (Å²) in [5, 5.41) is 3.92. The number of hydrogen-bond acceptors (Lipinski definition) is 2. The lowest BCUT2D eigenvalue weighted by atomic mass is 10.1. The first-order chi connectivity index (χ1) is 10.5. The zero-order valence-electron chi connectivity index (χ0n) is 11.0. The maximum Gasteiger partial charge on any atom is 0.272 e. The third-order valence-corrected chi connectivity index (χ3v) is 4.30. The van der Waals surface area contributed by atoms with E-state index < -0.39 is 0 Å². The Bertz CT molecular complexity index is 916. The van der Waals surface area contributed by atoms with Crippen LogP contribution in [0.3, 0.4) is 0 Å². The number of hydrogen-bond donors (Lipinski definition) is 1. The summed E-state index contributed by atoms with van der Waals surface area (Å²) in [4.78, 5) is 16.6. The Balaban J connectivity index is 2.40. The van der Waals surface area contributed by atoms with Gasteiger partial charge in [0.1, 0.15) is 0 Å². The van der Waals surface area contributed by atoms with Gasteiger partial charge in [0.15, 0.2) is 5.65 Å². The van der Waals surface area contributed by atoms with Crippen LogP contribution in [-0.2, 0) is 11.8 Å². The standard InChI is InChI=1S/C14H9Cl4N3O/c15-5-8-4-12(22)21-14(19-8)13(11(6-16)20-21)9-2-1-7(17)3-10(9)18/h1-4,20H,5-6H2. The number of aromatic amines is 1. The highest BCUT2D eigenvalue weighted by atomic mass is 35.5. The predicted molar refractivity (Wildman–Crippen MR) is 90.4 cm³/mol. The van der Waals surface area contributed by atoms with Crippen molar-refractivity contribution in [1.29, 1.82) is 0 Å². The lowest BCUT2D eigenvalue weighted by Gasteiger charge is -2.05. The van der Waals surface area contributed by atoms with Crippen molar-refractivity contribution in [2.24, 2.45) is 0 Å². The number of nitrogens with zero attached hydrogens (tertiary/aromatic N) is 2. The SMILES string of the molecule is O=c1cc(CCl)nc2c(-c3ccc(Cl)cc3Cl)c(CCl)[nH]n12. The Morgan fingerprint density at radius 1 is 1.14 bits per heavy atom. The van der Waals surface area contributed by atoms with E-state index in [9.17, 15) is 4.79 Å². The molecule has 0 aliphatic carbocycles. The molecule has 3 aromatic rings. The van der Waals surface area contributed by atoms with Crippen molar-refractivity contribution in [2.45, 2.75) is 11.8 Å². The second kappa shape index (κ2) is 6.13. The molecule has 22 heavy (non-hydrogen) atoms. The molecule has 8 heteroatoms. The van der Waals surface area contributed by atoms with E-state index in [1.54, 1.807) is 18.2 Å². The molecule has 0 amide bonds. The van der Waals surface area contributed by atoms with E-state index in [2.05, 4.69) is 10.1 Å². The van der Waals surface area contributed by atoms with Crippen LogP contribution in [-0.4, -0.2) is 14.6 Å². The van der Waals surface area contributed by atoms with Gasteiger partial charge in [0.25, 0.3) is 5.56 Å². The molecule has 4 nitrogen and oxygen atoms in total. The molecule has 0 bridgehead atoms. The molecule has 0 spiro atoms. The molecule has 0 fully saturated rings. The number of aromatic nitrogens is 3. The molecule has 0 saturated heterocycles. The van der Waals surface area contributed by atoms with Gasteiger partial charge in [0.2, 0.25) is 0 Å². The highest BCUT2D eigenvalue weighted by Crippen LogP contribution is 2.35. The van der Waals surface area contributed by atoms with Crippen LogP contribution in [0.15, 0.2) is 29.1 Å². The summed E-state index contributed by atoms with van der Waals surface area (Å²) in [5.41, 5.74) is 2.66. The fraction of sp³-hybridized carbons (Fsp3) is 0.143. The molecule has 3 rings (SSSR count). The maximum absolute atomic E-state index is 12.1. The number of nitrogens with one attached hydrogen (secondary N) is 1. The Morgan fingerprint density at radius 3 is 2.55 bits per heavy atom. The van der Waals surface area contributed by atoms with Gasteiger partial charge in [0, 0.05) is 16.7 Å². The van der Waals surface area contributed by atoms with Crippen molar-refractivity contribution in [3.05, 3.63) is 56.1 Å². The highest BCUT2D eigenvalue weighted by Gasteiger charge is 2.18. The van der Waals surface area contributed by atoms with Crippen LogP contribution >= 0.6 is 46.4 Å². The van der Waals surface area contributed by atoms with Crippen LogP contribution in [0.4, 0.5) is 0 Å². The van der Waals surface area contributed by atoms with E-state index in [-0.39, 0.29) is 17.3 Å². The Labute approximate surface area is 145 Å². The number of benzene rings is 1. The molecule has 1 aromatic carbocycles. The van der Waals surface area contributed by atoms with Gasteiger partial charge in [-0.15, -0.1) is 23.2 Å². The van der Waals surface area contributed by atoms with E-state index in [1.165, 1.54) is 10.6 Å². The predicted octanol–water partition coefficient (Wildman–Crippen LogP) is 4.47. The van der Waals surface area contributed by atoms with Gasteiger partial charge < -0.3 is 0 Å². The highest BCUT2D eigenvalue weighted by molar-refractivity contribution is 6.36. The third-order valence-electron chi connectivity index (χ3n) is 3.21. The second-order valence-corrected chi connectivity index (χ2v) is 5.98. The van der Waals surface area contributed by atoms with Crippen LogP contribution in [0.25, 0.3) is 16.8 Å². The maximum atomic E-state index is 12.1. The smallest absolute Gasteiger partial charge is 0.272 e. The molecule has 0 radical (unpaired) electrons. The van der Waals surface area contributed by atoms with Crippen LogP contribution < -0.4 is 5.56 Å². The Morgan fingerprint density at radius 2 is 1.91 bits per heavy atom. The molecule has 0 atom stereocenters. The molecular formula is C14H9Cl4N3O. The van der Waals surface area contributed by atoms with Crippen molar-refractivity contribution < 1.29 is 0 Å². The van der Waals surface area contributed by atoms with Crippen LogP contribution in [0.5, 0.6) is 0 Å². The van der Waals surface area contributed by atoms with E-state index in [1.807, 2.05) is 0 Å². The summed E-state index contributed by atoms with van der Waals surface area (Å²) in [7, 11) is 0. The second-order valence-electron chi connectivity index (χ2n) is 4.60. The van der Waals surface area contributed by atoms with Gasteiger partial charge in [-0.25, -0.2) is 9.50 Å². The minimum atomic E-state index is -0.261. The van der Waals surface area contributed by atoms with Gasteiger partial charge in [-0.2, -0.15) is 0 Å². The fourth-order valence-corrected chi connectivity index (χ4v) is 3.11. The average molecular weight is 377 g/mol. The van der Waals surface area contributed by atoms with E-state index in [0.717, 1.165) is 0 Å². The molecular weight excluding hydrogens is 368 g/mol. The summed E-state index contributed by atoms with van der Waals surface area (Å²) >= 11 is 24.0. The third kappa shape index (κ3) is 2.61. The lowest BCUT2D eigenvalue weighted by molar-refractivity contribution is 0.868. The van der Waals surface area contributed by atoms with Crippen molar-refractivity contribution in [3.8, 4) is 11.1 Å². The number of halogens is 4. The molecule has 0 aliphatic rings. The van der Waals surface area contributed by atoms with Crippen molar-refractivity contribution >= 4 is 52.1 Å². The van der Waals surface area contributed by atoms with Crippen LogP contribution in [0, 0.1) is 0 Å². The average Bonchev–Trinajstić information content (AvgIpc) is 2.86. The van der Waals surface area contributed by atoms with E-state index >= 15 is 0 Å². The van der Waals surface area contributed by atoms with Gasteiger partial charge in [-0.3, -0.25) is 9.89 Å². The summed E-state index contributed by atoms with van der Waals surface area (Å²) in [6, 6.07) is 6.49. The van der Waals surface area contributed by atoms with Gasteiger partial charge in [-0.05, 0) is 12.1 Å². The van der Waals surface area contributed by atoms with Gasteiger partial charge in [-0.1, -0.05) is 29.3 Å². The first-order valence-electron chi connectivity index (χ1n) is 6.26. The van der Waals surface area contributed by atoms with Crippen molar-refractivity contribution in [1.82, 2.24) is 14.6 Å². The molecule has 114 valence electrons.